The number of guanidine groups is 1. The minimum atomic E-state index is 0. The molecule has 0 unspecified atom stereocenters. The number of halogens is 1. The van der Waals surface area contributed by atoms with E-state index in [1.165, 1.54) is 21.7 Å². The molecular formula is C20H25IN4OS. The molecule has 2 aliphatic rings. The number of carbonyl (C=O) groups excluding carboxylic acids is 1. The molecule has 27 heavy (non-hydrogen) atoms. The van der Waals surface area contributed by atoms with Crippen LogP contribution in [0.15, 0.2) is 40.7 Å². The molecule has 0 radical (unpaired) electrons. The molecule has 0 bridgehead atoms. The summed E-state index contributed by atoms with van der Waals surface area (Å²) >= 11 is 1.79. The number of nitrogens with zero attached hydrogens (tertiary/aromatic N) is 3. The van der Waals surface area contributed by atoms with Gasteiger partial charge < -0.3 is 15.1 Å². The Morgan fingerprint density at radius 2 is 2.04 bits per heavy atom. The molecule has 0 aliphatic carbocycles. The third-order valence-corrected chi connectivity index (χ3v) is 6.03. The average Bonchev–Trinajstić information content (AvgIpc) is 3.31. The van der Waals surface area contributed by atoms with E-state index >= 15 is 0 Å². The second-order valence-corrected chi connectivity index (χ2v) is 7.64. The minimum absolute atomic E-state index is 0. The van der Waals surface area contributed by atoms with Gasteiger partial charge in [-0.1, -0.05) is 18.2 Å². The van der Waals surface area contributed by atoms with E-state index < -0.39 is 0 Å². The summed E-state index contributed by atoms with van der Waals surface area (Å²) in [6.45, 7) is 5.46. The summed E-state index contributed by atoms with van der Waals surface area (Å²) < 4.78 is 0. The first-order valence-electron chi connectivity index (χ1n) is 9.23. The second-order valence-electron chi connectivity index (χ2n) is 6.63. The van der Waals surface area contributed by atoms with Crippen LogP contribution in [0.3, 0.4) is 0 Å². The lowest BCUT2D eigenvalue weighted by molar-refractivity contribution is -0.130. The zero-order valence-corrected chi connectivity index (χ0v) is 18.6. The molecule has 144 valence electrons. The van der Waals surface area contributed by atoms with Crippen LogP contribution in [0.1, 0.15) is 22.9 Å². The maximum absolute atomic E-state index is 12.7. The van der Waals surface area contributed by atoms with Crippen molar-refractivity contribution in [3.63, 3.8) is 0 Å². The van der Waals surface area contributed by atoms with E-state index in [-0.39, 0.29) is 36.4 Å². The van der Waals surface area contributed by atoms with Crippen molar-refractivity contribution < 1.29 is 4.79 Å². The number of aliphatic imine (C=N–C) groups is 1. The van der Waals surface area contributed by atoms with Crippen LogP contribution in [0.5, 0.6) is 0 Å². The standard InChI is InChI=1S/C20H24N4OS.HI/c1-2-21-20(24-11-7-15-5-3-4-6-17(15)24)22-13-19(25)23-10-8-18-16(14-23)9-12-26-18;/h3-6,9,12H,2,7-8,10-11,13-14H2,1H3,(H,21,22);1H. The van der Waals surface area contributed by atoms with Crippen LogP contribution in [0, 0.1) is 0 Å². The number of hydrogen-bond donors (Lipinski definition) is 1. The van der Waals surface area contributed by atoms with Crippen molar-refractivity contribution >= 4 is 52.9 Å². The maximum atomic E-state index is 12.7. The molecule has 1 N–H and O–H groups in total. The lowest BCUT2D eigenvalue weighted by atomic mass is 10.1. The van der Waals surface area contributed by atoms with Gasteiger partial charge in [-0.15, -0.1) is 35.3 Å². The number of rotatable bonds is 3. The molecule has 5 nitrogen and oxygen atoms in total. The van der Waals surface area contributed by atoms with E-state index in [4.69, 9.17) is 0 Å². The highest BCUT2D eigenvalue weighted by atomic mass is 127. The topological polar surface area (TPSA) is 47.9 Å². The molecule has 0 fully saturated rings. The predicted molar refractivity (Wildman–Crippen MR) is 122 cm³/mol. The summed E-state index contributed by atoms with van der Waals surface area (Å²) in [5.41, 5.74) is 3.82. The van der Waals surface area contributed by atoms with Crippen molar-refractivity contribution in [2.24, 2.45) is 4.99 Å². The molecule has 4 rings (SSSR count). The Hall–Kier alpha value is -1.61. The van der Waals surface area contributed by atoms with Gasteiger partial charge in [-0.3, -0.25) is 4.79 Å². The Labute approximate surface area is 181 Å². The summed E-state index contributed by atoms with van der Waals surface area (Å²) in [7, 11) is 0. The van der Waals surface area contributed by atoms with Crippen LogP contribution < -0.4 is 10.2 Å². The number of hydrogen-bond acceptors (Lipinski definition) is 3. The molecule has 2 aliphatic heterocycles. The number of benzene rings is 1. The predicted octanol–water partition coefficient (Wildman–Crippen LogP) is 3.28. The fourth-order valence-corrected chi connectivity index (χ4v) is 4.55. The Balaban J connectivity index is 0.00000210. The number of amides is 1. The number of thiophene rings is 1. The fourth-order valence-electron chi connectivity index (χ4n) is 3.66. The van der Waals surface area contributed by atoms with Crippen LogP contribution in [0.25, 0.3) is 0 Å². The fraction of sp³-hybridized carbons (Fsp3) is 0.400. The molecule has 3 heterocycles. The quantitative estimate of drug-likeness (QED) is 0.403. The van der Waals surface area contributed by atoms with Crippen molar-refractivity contribution in [1.29, 1.82) is 0 Å². The van der Waals surface area contributed by atoms with Crippen molar-refractivity contribution in [1.82, 2.24) is 10.2 Å². The van der Waals surface area contributed by atoms with Gasteiger partial charge in [0, 0.05) is 36.7 Å². The van der Waals surface area contributed by atoms with Crippen LogP contribution in [0.2, 0.25) is 0 Å². The van der Waals surface area contributed by atoms with Crippen molar-refractivity contribution in [3.8, 4) is 0 Å². The highest BCUT2D eigenvalue weighted by Gasteiger charge is 2.24. The first kappa shape index (κ1) is 20.1. The van der Waals surface area contributed by atoms with E-state index in [1.807, 2.05) is 4.90 Å². The third kappa shape index (κ3) is 4.29. The second kappa shape index (κ2) is 9.05. The van der Waals surface area contributed by atoms with E-state index in [0.29, 0.717) is 0 Å². The zero-order chi connectivity index (χ0) is 17.9. The van der Waals surface area contributed by atoms with Crippen molar-refractivity contribution in [2.75, 3.05) is 31.1 Å². The monoisotopic (exact) mass is 496 g/mol. The maximum Gasteiger partial charge on any atom is 0.244 e. The van der Waals surface area contributed by atoms with E-state index in [0.717, 1.165) is 45.0 Å². The van der Waals surface area contributed by atoms with Gasteiger partial charge in [-0.25, -0.2) is 4.99 Å². The molecule has 2 aromatic rings. The molecule has 1 amide bonds. The molecule has 7 heteroatoms. The van der Waals surface area contributed by atoms with Crippen molar-refractivity contribution in [3.05, 3.63) is 51.7 Å². The van der Waals surface area contributed by atoms with Gasteiger partial charge in [0.05, 0.1) is 0 Å². The van der Waals surface area contributed by atoms with Crippen LogP contribution in [-0.2, 0) is 24.2 Å². The average molecular weight is 496 g/mol. The Morgan fingerprint density at radius 3 is 2.89 bits per heavy atom. The van der Waals surface area contributed by atoms with E-state index in [2.05, 4.69) is 57.8 Å². The SMILES string of the molecule is CCNC(=NCC(=O)N1CCc2sccc2C1)N1CCc2ccccc21.I. The number of fused-ring (bicyclic) bond motifs is 2. The van der Waals surface area contributed by atoms with Gasteiger partial charge in [-0.2, -0.15) is 0 Å². The summed E-state index contributed by atoms with van der Waals surface area (Å²) in [5.74, 6) is 0.906. The normalized spacial score (nSPS) is 15.8. The minimum Gasteiger partial charge on any atom is -0.356 e. The first-order valence-corrected chi connectivity index (χ1v) is 10.1. The lowest BCUT2D eigenvalue weighted by Crippen LogP contribution is -2.42. The molecular weight excluding hydrogens is 471 g/mol. The van der Waals surface area contributed by atoms with Gasteiger partial charge >= 0.3 is 0 Å². The Morgan fingerprint density at radius 1 is 1.19 bits per heavy atom. The lowest BCUT2D eigenvalue weighted by Gasteiger charge is -2.27. The highest BCUT2D eigenvalue weighted by Crippen LogP contribution is 2.27. The molecule has 0 saturated carbocycles. The van der Waals surface area contributed by atoms with E-state index in [9.17, 15) is 4.79 Å². The molecule has 0 spiro atoms. The smallest absolute Gasteiger partial charge is 0.244 e. The van der Waals surface area contributed by atoms with Gasteiger partial charge in [0.15, 0.2) is 5.96 Å². The first-order chi connectivity index (χ1) is 12.8. The Bertz CT molecular complexity index is 835. The van der Waals surface area contributed by atoms with Gasteiger partial charge in [0.25, 0.3) is 0 Å². The largest absolute Gasteiger partial charge is 0.356 e. The molecule has 1 aromatic carbocycles. The summed E-state index contributed by atoms with van der Waals surface area (Å²) in [6.07, 6.45) is 1.98. The van der Waals surface area contributed by atoms with Crippen LogP contribution in [0.4, 0.5) is 5.69 Å². The van der Waals surface area contributed by atoms with E-state index in [1.54, 1.807) is 11.3 Å². The van der Waals surface area contributed by atoms with Gasteiger partial charge in [-0.05, 0) is 48.4 Å². The van der Waals surface area contributed by atoms with Gasteiger partial charge in [0.1, 0.15) is 6.54 Å². The number of anilines is 1. The summed E-state index contributed by atoms with van der Waals surface area (Å²) in [6, 6.07) is 10.5. The number of nitrogens with one attached hydrogen (secondary N) is 1. The van der Waals surface area contributed by atoms with Crippen molar-refractivity contribution in [2.45, 2.75) is 26.3 Å². The highest BCUT2D eigenvalue weighted by molar-refractivity contribution is 14.0. The molecule has 0 atom stereocenters. The summed E-state index contributed by atoms with van der Waals surface area (Å²) in [4.78, 5) is 22.9. The van der Waals surface area contributed by atoms with Gasteiger partial charge in [0.2, 0.25) is 5.91 Å². The Kier molecular flexibility index (Phi) is 6.75. The summed E-state index contributed by atoms with van der Waals surface area (Å²) in [5, 5.41) is 5.46. The number of para-hydroxylation sites is 1. The van der Waals surface area contributed by atoms with Crippen LogP contribution in [-0.4, -0.2) is 42.9 Å². The zero-order valence-electron chi connectivity index (χ0n) is 15.5. The molecule has 1 aromatic heterocycles. The van der Waals surface area contributed by atoms with Crippen LogP contribution >= 0.6 is 35.3 Å². The molecule has 0 saturated heterocycles. The number of carbonyl (C=O) groups is 1. The third-order valence-electron chi connectivity index (χ3n) is 5.00.